The second kappa shape index (κ2) is 7.90. The van der Waals surface area contributed by atoms with E-state index in [0.29, 0.717) is 26.2 Å². The Kier molecular flexibility index (Phi) is 5.58. The highest BCUT2D eigenvalue weighted by atomic mass is 19.4. The van der Waals surface area contributed by atoms with Crippen molar-refractivity contribution in [1.82, 2.24) is 4.90 Å². The van der Waals surface area contributed by atoms with Crippen molar-refractivity contribution in [2.75, 3.05) is 36.4 Å². The van der Waals surface area contributed by atoms with Crippen LogP contribution in [-0.4, -0.2) is 37.1 Å². The van der Waals surface area contributed by atoms with Crippen molar-refractivity contribution < 1.29 is 18.0 Å². The second-order valence-electron chi connectivity index (χ2n) is 6.50. The SMILES string of the molecule is CCc1ccc(NC(=O)N2CCN(c3ccc(C(F)(F)F)cc3)CC2)cc1. The van der Waals surface area contributed by atoms with Gasteiger partial charge in [-0.3, -0.25) is 0 Å². The van der Waals surface area contributed by atoms with Crippen LogP contribution in [0.4, 0.5) is 29.3 Å². The van der Waals surface area contributed by atoms with E-state index in [0.717, 1.165) is 29.9 Å². The summed E-state index contributed by atoms with van der Waals surface area (Å²) in [6.45, 7) is 4.25. The highest BCUT2D eigenvalue weighted by Gasteiger charge is 2.30. The van der Waals surface area contributed by atoms with E-state index in [1.54, 1.807) is 4.90 Å². The zero-order valence-electron chi connectivity index (χ0n) is 15.1. The molecule has 1 saturated heterocycles. The maximum Gasteiger partial charge on any atom is 0.416 e. The van der Waals surface area contributed by atoms with Crippen molar-refractivity contribution in [3.63, 3.8) is 0 Å². The van der Waals surface area contributed by atoms with Crippen molar-refractivity contribution in [2.45, 2.75) is 19.5 Å². The fourth-order valence-corrected chi connectivity index (χ4v) is 3.06. The van der Waals surface area contributed by atoms with Crippen LogP contribution >= 0.6 is 0 Å². The van der Waals surface area contributed by atoms with Crippen molar-refractivity contribution >= 4 is 17.4 Å². The minimum atomic E-state index is -4.33. The molecule has 2 aromatic carbocycles. The summed E-state index contributed by atoms with van der Waals surface area (Å²) >= 11 is 0. The number of nitrogens with zero attached hydrogens (tertiary/aromatic N) is 2. The summed E-state index contributed by atoms with van der Waals surface area (Å²) in [5, 5.41) is 2.89. The maximum absolute atomic E-state index is 12.7. The van der Waals surface area contributed by atoms with Crippen LogP contribution in [0, 0.1) is 0 Å². The van der Waals surface area contributed by atoms with Crippen LogP contribution in [0.2, 0.25) is 0 Å². The summed E-state index contributed by atoms with van der Waals surface area (Å²) in [5.41, 5.74) is 2.04. The van der Waals surface area contributed by atoms with Crippen molar-refractivity contribution in [3.8, 4) is 0 Å². The Morgan fingerprint density at radius 1 is 0.963 bits per heavy atom. The number of urea groups is 1. The fraction of sp³-hybridized carbons (Fsp3) is 0.350. The van der Waals surface area contributed by atoms with Crippen LogP contribution in [0.3, 0.4) is 0 Å². The molecule has 3 rings (SSSR count). The first-order valence-corrected chi connectivity index (χ1v) is 8.94. The number of alkyl halides is 3. The Hall–Kier alpha value is -2.70. The topological polar surface area (TPSA) is 35.6 Å². The number of hydrogen-bond donors (Lipinski definition) is 1. The van der Waals surface area contributed by atoms with E-state index in [9.17, 15) is 18.0 Å². The van der Waals surface area contributed by atoms with Gasteiger partial charge in [-0.25, -0.2) is 4.79 Å². The number of amides is 2. The molecule has 27 heavy (non-hydrogen) atoms. The van der Waals surface area contributed by atoms with Gasteiger partial charge in [0.25, 0.3) is 0 Å². The van der Waals surface area contributed by atoms with Crippen molar-refractivity contribution in [2.24, 2.45) is 0 Å². The molecule has 0 aliphatic carbocycles. The zero-order valence-corrected chi connectivity index (χ0v) is 15.1. The molecule has 2 amide bonds. The molecule has 1 aliphatic rings. The average Bonchev–Trinajstić information content (AvgIpc) is 2.68. The molecule has 0 bridgehead atoms. The number of benzene rings is 2. The monoisotopic (exact) mass is 377 g/mol. The molecule has 0 saturated carbocycles. The third-order valence-electron chi connectivity index (χ3n) is 4.74. The lowest BCUT2D eigenvalue weighted by Crippen LogP contribution is -2.50. The van der Waals surface area contributed by atoms with Gasteiger partial charge < -0.3 is 15.1 Å². The normalized spacial score (nSPS) is 15.0. The third kappa shape index (κ3) is 4.72. The first kappa shape index (κ1) is 19.1. The number of nitrogens with one attached hydrogen (secondary N) is 1. The maximum atomic E-state index is 12.7. The molecule has 1 N–H and O–H groups in total. The van der Waals surface area contributed by atoms with Crippen LogP contribution in [0.1, 0.15) is 18.1 Å². The molecule has 1 fully saturated rings. The number of aryl methyl sites for hydroxylation is 1. The van der Waals surface area contributed by atoms with Crippen LogP contribution < -0.4 is 10.2 Å². The lowest BCUT2D eigenvalue weighted by atomic mass is 10.1. The summed E-state index contributed by atoms with van der Waals surface area (Å²) < 4.78 is 38.0. The molecule has 0 radical (unpaired) electrons. The van der Waals surface area contributed by atoms with Gasteiger partial charge in [-0.15, -0.1) is 0 Å². The van der Waals surface area contributed by atoms with Crippen LogP contribution in [0.25, 0.3) is 0 Å². The Bertz CT molecular complexity index is 765. The molecule has 4 nitrogen and oxygen atoms in total. The Balaban J connectivity index is 1.54. The first-order chi connectivity index (χ1) is 12.9. The van der Waals surface area contributed by atoms with E-state index >= 15 is 0 Å². The van der Waals surface area contributed by atoms with Crippen LogP contribution in [0.5, 0.6) is 0 Å². The molecule has 7 heteroatoms. The fourth-order valence-electron chi connectivity index (χ4n) is 3.06. The van der Waals surface area contributed by atoms with Crippen molar-refractivity contribution in [3.05, 3.63) is 59.7 Å². The molecular formula is C20H22F3N3O. The minimum absolute atomic E-state index is 0.161. The van der Waals surface area contributed by atoms with E-state index in [2.05, 4.69) is 12.2 Å². The van der Waals surface area contributed by atoms with Gasteiger partial charge >= 0.3 is 12.2 Å². The number of hydrogen-bond acceptors (Lipinski definition) is 2. The lowest BCUT2D eigenvalue weighted by molar-refractivity contribution is -0.137. The Morgan fingerprint density at radius 2 is 1.56 bits per heavy atom. The summed E-state index contributed by atoms with van der Waals surface area (Å²) in [6.07, 6.45) is -3.38. The molecule has 0 atom stereocenters. The second-order valence-corrected chi connectivity index (χ2v) is 6.50. The van der Waals surface area contributed by atoms with Gasteiger partial charge in [-0.1, -0.05) is 19.1 Å². The van der Waals surface area contributed by atoms with E-state index < -0.39 is 11.7 Å². The van der Waals surface area contributed by atoms with Gasteiger partial charge in [0, 0.05) is 37.6 Å². The number of piperazine rings is 1. The standard InChI is InChI=1S/C20H22F3N3O/c1-2-15-3-7-17(8-4-15)24-19(27)26-13-11-25(12-14-26)18-9-5-16(6-10-18)20(21,22)23/h3-10H,2,11-14H2,1H3,(H,24,27). The summed E-state index contributed by atoms with van der Waals surface area (Å²) in [4.78, 5) is 16.1. The van der Waals surface area contributed by atoms with E-state index in [-0.39, 0.29) is 6.03 Å². The zero-order chi connectivity index (χ0) is 19.4. The predicted octanol–water partition coefficient (Wildman–Crippen LogP) is 4.62. The Morgan fingerprint density at radius 3 is 2.07 bits per heavy atom. The summed E-state index contributed by atoms with van der Waals surface area (Å²) in [5.74, 6) is 0. The molecule has 0 aromatic heterocycles. The van der Waals surface area contributed by atoms with Crippen LogP contribution in [0.15, 0.2) is 48.5 Å². The molecule has 0 unspecified atom stereocenters. The highest BCUT2D eigenvalue weighted by Crippen LogP contribution is 2.30. The molecule has 1 heterocycles. The van der Waals surface area contributed by atoms with Gasteiger partial charge in [0.15, 0.2) is 0 Å². The third-order valence-corrected chi connectivity index (χ3v) is 4.74. The largest absolute Gasteiger partial charge is 0.416 e. The number of carbonyl (C=O) groups is 1. The molecule has 0 spiro atoms. The van der Waals surface area contributed by atoms with Gasteiger partial charge in [-0.2, -0.15) is 13.2 Å². The quantitative estimate of drug-likeness (QED) is 0.847. The van der Waals surface area contributed by atoms with Gasteiger partial charge in [0.2, 0.25) is 0 Å². The number of rotatable bonds is 3. The van der Waals surface area contributed by atoms with Gasteiger partial charge in [-0.05, 0) is 48.4 Å². The smallest absolute Gasteiger partial charge is 0.368 e. The van der Waals surface area contributed by atoms with E-state index in [1.165, 1.54) is 17.7 Å². The minimum Gasteiger partial charge on any atom is -0.368 e. The molecule has 2 aromatic rings. The van der Waals surface area contributed by atoms with Crippen molar-refractivity contribution in [1.29, 1.82) is 0 Å². The molecule has 144 valence electrons. The Labute approximate surface area is 156 Å². The highest BCUT2D eigenvalue weighted by molar-refractivity contribution is 5.89. The summed E-state index contributed by atoms with van der Waals surface area (Å²) in [7, 11) is 0. The van der Waals surface area contributed by atoms with Gasteiger partial charge in [0.05, 0.1) is 5.56 Å². The van der Waals surface area contributed by atoms with E-state index in [1.807, 2.05) is 29.2 Å². The molecular weight excluding hydrogens is 355 g/mol. The lowest BCUT2D eigenvalue weighted by Gasteiger charge is -2.36. The average molecular weight is 377 g/mol. The predicted molar refractivity (Wildman–Crippen MR) is 100 cm³/mol. The van der Waals surface area contributed by atoms with E-state index in [4.69, 9.17) is 0 Å². The number of halogens is 3. The summed E-state index contributed by atoms with van der Waals surface area (Å²) in [6, 6.07) is 12.7. The first-order valence-electron chi connectivity index (χ1n) is 8.94. The number of carbonyl (C=O) groups excluding carboxylic acids is 1. The number of anilines is 2. The van der Waals surface area contributed by atoms with Gasteiger partial charge in [0.1, 0.15) is 0 Å². The van der Waals surface area contributed by atoms with Crippen LogP contribution in [-0.2, 0) is 12.6 Å². The molecule has 1 aliphatic heterocycles.